The normalized spacial score (nSPS) is 41.8. The summed E-state index contributed by atoms with van der Waals surface area (Å²) in [5.74, 6) is -3.83. The second-order valence-corrected chi connectivity index (χ2v) is 17.0. The van der Waals surface area contributed by atoms with E-state index in [0.29, 0.717) is 12.8 Å². The van der Waals surface area contributed by atoms with Crippen LogP contribution in [0.3, 0.4) is 0 Å². The summed E-state index contributed by atoms with van der Waals surface area (Å²) in [6.07, 6.45) is -2.55. The molecule has 6 N–H and O–H groups in total. The van der Waals surface area contributed by atoms with Crippen molar-refractivity contribution in [2.24, 2.45) is 5.73 Å². The number of fused-ring (bicyclic) bond motifs is 3. The number of aliphatic hydroxyl groups is 3. The number of carbonyl (C=O) groups excluding carboxylic acids is 5. The quantitative estimate of drug-likeness (QED) is 0.262. The number of ketones is 5. The van der Waals surface area contributed by atoms with E-state index in [1.165, 1.54) is 36.4 Å². The summed E-state index contributed by atoms with van der Waals surface area (Å²) >= 11 is 0. The van der Waals surface area contributed by atoms with Gasteiger partial charge in [0.25, 0.3) is 0 Å². The standard InChI is InChI=1S/C43H49NO16/c1-18-26(45)8-10-32(55-18)58-29-9-11-33(56-20(29)3)60-41(5)16-31(48)43(53)35-24(12-13-42(43,52)17-41)37(50)34-23(38(35)51)7-6-22(36(34)49)30-15-28(47)39(21(4)54-30)59-40-25(44)14-27(46)19(2)57-40/h6-8,10,12-14,18-21,28-30,32-33,39-40,47,49,52-53H,9,11,15-17,44H2,1-5H3. The summed E-state index contributed by atoms with van der Waals surface area (Å²) in [4.78, 5) is 66.4. The predicted molar refractivity (Wildman–Crippen MR) is 204 cm³/mol. The first-order valence-electron chi connectivity index (χ1n) is 20.1. The van der Waals surface area contributed by atoms with E-state index in [2.05, 4.69) is 0 Å². The zero-order chi connectivity index (χ0) is 43.2. The van der Waals surface area contributed by atoms with Crippen molar-refractivity contribution in [2.45, 2.75) is 151 Å². The molecule has 3 fully saturated rings. The van der Waals surface area contributed by atoms with Crippen molar-refractivity contribution in [1.82, 2.24) is 0 Å². The van der Waals surface area contributed by atoms with Crippen LogP contribution in [0, 0.1) is 0 Å². The monoisotopic (exact) mass is 835 g/mol. The summed E-state index contributed by atoms with van der Waals surface area (Å²) in [6, 6.07) is 2.63. The summed E-state index contributed by atoms with van der Waals surface area (Å²) in [5.41, 5.74) is -2.18. The number of Topliss-reactive ketones (excluding diaryl/α,β-unsaturated/α-hetero) is 3. The Morgan fingerprint density at radius 1 is 0.867 bits per heavy atom. The highest BCUT2D eigenvalue weighted by Crippen LogP contribution is 2.53. The van der Waals surface area contributed by atoms with Gasteiger partial charge in [-0.15, -0.1) is 0 Å². The van der Waals surface area contributed by atoms with Crippen LogP contribution in [0.15, 0.2) is 59.4 Å². The van der Waals surface area contributed by atoms with Crippen LogP contribution in [0.5, 0.6) is 5.75 Å². The molecule has 3 aliphatic carbocycles. The molecule has 0 amide bonds. The van der Waals surface area contributed by atoms with Gasteiger partial charge in [0.15, 0.2) is 53.4 Å². The van der Waals surface area contributed by atoms with Gasteiger partial charge < -0.3 is 59.3 Å². The van der Waals surface area contributed by atoms with E-state index in [9.17, 15) is 44.4 Å². The number of hydrogen-bond donors (Lipinski definition) is 5. The molecule has 1 saturated carbocycles. The number of benzene rings is 1. The summed E-state index contributed by atoms with van der Waals surface area (Å²) in [6.45, 7) is 8.18. The minimum Gasteiger partial charge on any atom is -0.507 e. The van der Waals surface area contributed by atoms with E-state index in [0.717, 1.165) is 6.08 Å². The number of rotatable bonds is 7. The topological polar surface area (TPSA) is 257 Å². The average Bonchev–Trinajstić information content (AvgIpc) is 3.17. The molecule has 17 nitrogen and oxygen atoms in total. The Bertz CT molecular complexity index is 2150. The number of ether oxygens (including phenoxy) is 7. The van der Waals surface area contributed by atoms with Crippen molar-refractivity contribution in [1.29, 1.82) is 0 Å². The SMILES string of the molecule is CC1OC(OC2CCC(OC3(C)CC(=O)C4(O)C5=C(C=CC4(O)C3)C(=O)c3c(ccc(C4CC(O)C(OC6OC(C)C(=O)C=C6N)C(C)O4)c3O)C5=O)OC2C)C=CC1=O. The van der Waals surface area contributed by atoms with Gasteiger partial charge in [-0.1, -0.05) is 12.1 Å². The number of carbonyl (C=O) groups is 5. The Kier molecular flexibility index (Phi) is 10.8. The van der Waals surface area contributed by atoms with E-state index in [1.54, 1.807) is 34.6 Å². The Morgan fingerprint density at radius 3 is 2.30 bits per heavy atom. The number of phenols is 1. The number of aromatic hydroxyl groups is 1. The first kappa shape index (κ1) is 42.4. The predicted octanol–water partition coefficient (Wildman–Crippen LogP) is 1.77. The number of nitrogens with two attached hydrogens (primary N) is 1. The lowest BCUT2D eigenvalue weighted by molar-refractivity contribution is -0.290. The van der Waals surface area contributed by atoms with E-state index in [1.807, 2.05) is 0 Å². The summed E-state index contributed by atoms with van der Waals surface area (Å²) < 4.78 is 41.7. The van der Waals surface area contributed by atoms with Crippen LogP contribution in [0.4, 0.5) is 0 Å². The van der Waals surface area contributed by atoms with Gasteiger partial charge in [-0.3, -0.25) is 24.0 Å². The zero-order valence-electron chi connectivity index (χ0n) is 33.7. The molecule has 60 heavy (non-hydrogen) atoms. The van der Waals surface area contributed by atoms with Gasteiger partial charge in [0.05, 0.1) is 53.0 Å². The van der Waals surface area contributed by atoms with E-state index in [4.69, 9.17) is 38.9 Å². The summed E-state index contributed by atoms with van der Waals surface area (Å²) in [7, 11) is 0. The molecule has 2 saturated heterocycles. The van der Waals surface area contributed by atoms with E-state index >= 15 is 0 Å². The van der Waals surface area contributed by atoms with Crippen LogP contribution >= 0.6 is 0 Å². The molecule has 4 aliphatic heterocycles. The maximum Gasteiger partial charge on any atom is 0.199 e. The van der Waals surface area contributed by atoms with Crippen molar-refractivity contribution in [3.8, 4) is 5.75 Å². The highest BCUT2D eigenvalue weighted by molar-refractivity contribution is 6.32. The third-order valence-electron chi connectivity index (χ3n) is 12.6. The van der Waals surface area contributed by atoms with Crippen LogP contribution in [0.1, 0.15) is 99.1 Å². The molecular weight excluding hydrogens is 786 g/mol. The minimum atomic E-state index is -2.84. The van der Waals surface area contributed by atoms with Gasteiger partial charge in [-0.05, 0) is 65.3 Å². The molecule has 7 aliphatic rings. The highest BCUT2D eigenvalue weighted by atomic mass is 16.7. The molecule has 0 spiro atoms. The lowest BCUT2D eigenvalue weighted by Gasteiger charge is -2.53. The second-order valence-electron chi connectivity index (χ2n) is 17.0. The van der Waals surface area contributed by atoms with Crippen molar-refractivity contribution < 1.29 is 77.6 Å². The Balaban J connectivity index is 0.970. The third-order valence-corrected chi connectivity index (χ3v) is 12.6. The molecule has 1 aromatic rings. The zero-order valence-corrected chi connectivity index (χ0v) is 33.7. The van der Waals surface area contributed by atoms with Crippen molar-refractivity contribution in [3.63, 3.8) is 0 Å². The Hall–Kier alpha value is -4.27. The van der Waals surface area contributed by atoms with Gasteiger partial charge in [-0.2, -0.15) is 0 Å². The van der Waals surface area contributed by atoms with Gasteiger partial charge in [0, 0.05) is 48.5 Å². The smallest absolute Gasteiger partial charge is 0.199 e. The number of hydrogen-bond acceptors (Lipinski definition) is 17. The van der Waals surface area contributed by atoms with Crippen LogP contribution < -0.4 is 5.73 Å². The van der Waals surface area contributed by atoms with E-state index in [-0.39, 0.29) is 52.4 Å². The van der Waals surface area contributed by atoms with Crippen LogP contribution in [0.2, 0.25) is 0 Å². The maximum atomic E-state index is 14.3. The van der Waals surface area contributed by atoms with E-state index < -0.39 is 120 Å². The van der Waals surface area contributed by atoms with Gasteiger partial charge in [-0.25, -0.2) is 0 Å². The molecule has 1 aromatic carbocycles. The average molecular weight is 836 g/mol. The molecule has 322 valence electrons. The molecule has 0 aromatic heterocycles. The van der Waals surface area contributed by atoms with Crippen molar-refractivity contribution in [2.75, 3.05) is 0 Å². The summed E-state index contributed by atoms with van der Waals surface area (Å²) in [5, 5.41) is 47.1. The van der Waals surface area contributed by atoms with Gasteiger partial charge in [0.2, 0.25) is 0 Å². The molecule has 0 radical (unpaired) electrons. The lowest BCUT2D eigenvalue weighted by Crippen LogP contribution is -2.69. The van der Waals surface area contributed by atoms with Crippen LogP contribution in [-0.2, 0) is 47.5 Å². The molecule has 14 atom stereocenters. The number of phenolic OH excluding ortho intramolecular Hbond substituents is 1. The van der Waals surface area contributed by atoms with Crippen molar-refractivity contribution >= 4 is 28.9 Å². The van der Waals surface area contributed by atoms with Gasteiger partial charge >= 0.3 is 0 Å². The van der Waals surface area contributed by atoms with Gasteiger partial charge in [0.1, 0.15) is 29.7 Å². The molecular formula is C43H49NO16. The van der Waals surface area contributed by atoms with Crippen LogP contribution in [0.25, 0.3) is 0 Å². The Morgan fingerprint density at radius 2 is 1.60 bits per heavy atom. The Labute approximate surface area is 344 Å². The largest absolute Gasteiger partial charge is 0.507 e. The van der Waals surface area contributed by atoms with Crippen LogP contribution in [-0.4, -0.2) is 128 Å². The minimum absolute atomic E-state index is 0.0327. The first-order chi connectivity index (χ1) is 28.2. The molecule has 14 unspecified atom stereocenters. The fourth-order valence-electron chi connectivity index (χ4n) is 9.40. The fraction of sp³-hybridized carbons (Fsp3) is 0.558. The molecule has 8 rings (SSSR count). The molecule has 4 heterocycles. The fourth-order valence-corrected chi connectivity index (χ4v) is 9.40. The lowest BCUT2D eigenvalue weighted by atomic mass is 9.57. The molecule has 0 bridgehead atoms. The third kappa shape index (κ3) is 7.03. The number of aliphatic hydroxyl groups excluding tert-OH is 1. The van der Waals surface area contributed by atoms with Crippen molar-refractivity contribution in [3.05, 3.63) is 76.0 Å². The molecule has 17 heteroatoms. The maximum absolute atomic E-state index is 14.3. The number of allylic oxidation sites excluding steroid dienone is 2. The second kappa shape index (κ2) is 15.3. The highest BCUT2D eigenvalue weighted by Gasteiger charge is 2.67. The first-order valence-corrected chi connectivity index (χ1v) is 20.1.